The molecule has 0 atom stereocenters. The average molecular weight is 347 g/mol. The van der Waals surface area contributed by atoms with Gasteiger partial charge < -0.3 is 10.7 Å². The molecule has 1 aromatic carbocycles. The number of nitrogens with two attached hydrogens (primary N) is 1. The second-order valence-electron chi connectivity index (χ2n) is 6.69. The summed E-state index contributed by atoms with van der Waals surface area (Å²) in [6.07, 6.45) is 2.52. The van der Waals surface area contributed by atoms with E-state index in [1.165, 1.54) is 5.56 Å². The largest absolute Gasteiger partial charge is 0.399 e. The zero-order valence-electron chi connectivity index (χ0n) is 14.7. The lowest BCUT2D eigenvalue weighted by Gasteiger charge is -2.27. The average Bonchev–Trinajstić information content (AvgIpc) is 2.64. The first-order valence-electron chi connectivity index (χ1n) is 8.71. The van der Waals surface area contributed by atoms with E-state index in [4.69, 9.17) is 10.7 Å². The van der Waals surface area contributed by atoms with Gasteiger partial charge in [0.15, 0.2) is 0 Å². The molecule has 0 amide bonds. The molecule has 0 saturated heterocycles. The van der Waals surface area contributed by atoms with Crippen LogP contribution in [0.15, 0.2) is 47.4 Å². The standard InChI is InChI=1S/C20H21N5O/c1-13-3-2-9-22-17(13)11-25-10-8-16-18(12-25)23-19(24-20(16)26)14-4-6-15(21)7-5-14/h2-7,9H,8,10-12,21H2,1H3,(H,23,24,26). The van der Waals surface area contributed by atoms with Crippen LogP contribution in [0.5, 0.6) is 0 Å². The normalized spacial score (nSPS) is 14.2. The van der Waals surface area contributed by atoms with E-state index in [0.717, 1.165) is 35.6 Å². The van der Waals surface area contributed by atoms with E-state index in [-0.39, 0.29) is 5.56 Å². The summed E-state index contributed by atoms with van der Waals surface area (Å²) in [5, 5.41) is 0. The number of nitrogens with one attached hydrogen (secondary N) is 1. The summed E-state index contributed by atoms with van der Waals surface area (Å²) in [4.78, 5) is 26.9. The van der Waals surface area contributed by atoms with Crippen LogP contribution < -0.4 is 11.3 Å². The Hall–Kier alpha value is -2.99. The molecular formula is C20H21N5O. The SMILES string of the molecule is Cc1cccnc1CN1CCc2c(nc(-c3ccc(N)cc3)[nH]c2=O)C1. The summed E-state index contributed by atoms with van der Waals surface area (Å²) in [7, 11) is 0. The number of fused-ring (bicyclic) bond motifs is 1. The van der Waals surface area contributed by atoms with Gasteiger partial charge in [0.1, 0.15) is 5.82 Å². The van der Waals surface area contributed by atoms with E-state index < -0.39 is 0 Å². The van der Waals surface area contributed by atoms with Gasteiger partial charge in [-0.3, -0.25) is 14.7 Å². The number of benzene rings is 1. The molecule has 132 valence electrons. The first kappa shape index (κ1) is 16.5. The maximum absolute atomic E-state index is 12.5. The van der Waals surface area contributed by atoms with Crippen LogP contribution in [0.2, 0.25) is 0 Å². The molecule has 0 unspecified atom stereocenters. The van der Waals surface area contributed by atoms with Crippen LogP contribution in [0.25, 0.3) is 11.4 Å². The molecule has 0 fully saturated rings. The number of H-pyrrole nitrogens is 1. The van der Waals surface area contributed by atoms with Crippen molar-refractivity contribution in [3.8, 4) is 11.4 Å². The predicted octanol–water partition coefficient (Wildman–Crippen LogP) is 2.28. The number of nitrogens with zero attached hydrogens (tertiary/aromatic N) is 3. The molecule has 0 radical (unpaired) electrons. The maximum atomic E-state index is 12.5. The van der Waals surface area contributed by atoms with Gasteiger partial charge in [0, 0.05) is 42.6 Å². The van der Waals surface area contributed by atoms with Gasteiger partial charge in [-0.2, -0.15) is 0 Å². The number of aromatic amines is 1. The molecule has 4 rings (SSSR count). The minimum absolute atomic E-state index is 0.0458. The molecular weight excluding hydrogens is 326 g/mol. The van der Waals surface area contributed by atoms with Crippen molar-refractivity contribution < 1.29 is 0 Å². The minimum atomic E-state index is -0.0458. The summed E-state index contributed by atoms with van der Waals surface area (Å²) in [5.74, 6) is 0.588. The van der Waals surface area contributed by atoms with E-state index in [0.29, 0.717) is 24.5 Å². The van der Waals surface area contributed by atoms with E-state index in [1.54, 1.807) is 0 Å². The summed E-state index contributed by atoms with van der Waals surface area (Å²) in [5.41, 5.74) is 11.1. The van der Waals surface area contributed by atoms with Crippen molar-refractivity contribution in [2.75, 3.05) is 12.3 Å². The fraction of sp³-hybridized carbons (Fsp3) is 0.250. The summed E-state index contributed by atoms with van der Waals surface area (Å²) < 4.78 is 0. The second kappa shape index (κ2) is 6.72. The van der Waals surface area contributed by atoms with Crippen molar-refractivity contribution in [3.05, 3.63) is 75.5 Å². The van der Waals surface area contributed by atoms with Gasteiger partial charge in [0.05, 0.1) is 11.4 Å². The summed E-state index contributed by atoms with van der Waals surface area (Å²) in [6.45, 7) is 4.31. The third-order valence-corrected chi connectivity index (χ3v) is 4.83. The zero-order valence-corrected chi connectivity index (χ0v) is 14.7. The van der Waals surface area contributed by atoms with Gasteiger partial charge in [0.25, 0.3) is 5.56 Å². The van der Waals surface area contributed by atoms with Crippen LogP contribution in [-0.4, -0.2) is 26.4 Å². The number of pyridine rings is 1. The molecule has 6 heteroatoms. The molecule has 26 heavy (non-hydrogen) atoms. The van der Waals surface area contributed by atoms with Crippen LogP contribution in [0.1, 0.15) is 22.5 Å². The van der Waals surface area contributed by atoms with Crippen molar-refractivity contribution in [3.63, 3.8) is 0 Å². The fourth-order valence-electron chi connectivity index (χ4n) is 3.30. The molecule has 3 aromatic rings. The number of rotatable bonds is 3. The number of aromatic nitrogens is 3. The van der Waals surface area contributed by atoms with Crippen molar-refractivity contribution >= 4 is 5.69 Å². The second-order valence-corrected chi connectivity index (χ2v) is 6.69. The molecule has 3 N–H and O–H groups in total. The Bertz CT molecular complexity index is 994. The Morgan fingerprint density at radius 3 is 2.81 bits per heavy atom. The van der Waals surface area contributed by atoms with Crippen molar-refractivity contribution in [2.24, 2.45) is 0 Å². The molecule has 0 spiro atoms. The fourth-order valence-corrected chi connectivity index (χ4v) is 3.30. The lowest BCUT2D eigenvalue weighted by molar-refractivity contribution is 0.237. The molecule has 1 aliphatic heterocycles. The lowest BCUT2D eigenvalue weighted by atomic mass is 10.1. The monoisotopic (exact) mass is 347 g/mol. The van der Waals surface area contributed by atoms with E-state index in [1.807, 2.05) is 36.5 Å². The van der Waals surface area contributed by atoms with Crippen molar-refractivity contribution in [2.45, 2.75) is 26.4 Å². The quantitative estimate of drug-likeness (QED) is 0.710. The molecule has 0 aliphatic carbocycles. The molecule has 2 aromatic heterocycles. The number of aryl methyl sites for hydroxylation is 1. The van der Waals surface area contributed by atoms with Gasteiger partial charge in [-0.05, 0) is 49.2 Å². The molecule has 3 heterocycles. The highest BCUT2D eigenvalue weighted by molar-refractivity contribution is 5.58. The summed E-state index contributed by atoms with van der Waals surface area (Å²) >= 11 is 0. The lowest BCUT2D eigenvalue weighted by Crippen LogP contribution is -2.35. The Balaban J connectivity index is 1.62. The molecule has 0 bridgehead atoms. The summed E-state index contributed by atoms with van der Waals surface area (Å²) in [6, 6.07) is 11.4. The van der Waals surface area contributed by atoms with Crippen LogP contribution in [0.4, 0.5) is 5.69 Å². The Kier molecular flexibility index (Phi) is 4.26. The van der Waals surface area contributed by atoms with Crippen molar-refractivity contribution in [1.29, 1.82) is 0 Å². The highest BCUT2D eigenvalue weighted by Crippen LogP contribution is 2.21. The van der Waals surface area contributed by atoms with Gasteiger partial charge in [0.2, 0.25) is 0 Å². The van der Waals surface area contributed by atoms with E-state index >= 15 is 0 Å². The highest BCUT2D eigenvalue weighted by Gasteiger charge is 2.22. The van der Waals surface area contributed by atoms with Crippen LogP contribution in [-0.2, 0) is 19.5 Å². The molecule has 0 saturated carbocycles. The third kappa shape index (κ3) is 3.23. The first-order chi connectivity index (χ1) is 12.6. The smallest absolute Gasteiger partial charge is 0.254 e. The zero-order chi connectivity index (χ0) is 18.1. The number of hydrogen-bond donors (Lipinski definition) is 2. The van der Waals surface area contributed by atoms with Crippen LogP contribution in [0, 0.1) is 6.92 Å². The van der Waals surface area contributed by atoms with Gasteiger partial charge >= 0.3 is 0 Å². The van der Waals surface area contributed by atoms with Crippen molar-refractivity contribution in [1.82, 2.24) is 19.9 Å². The number of nitrogen functional groups attached to an aromatic ring is 1. The van der Waals surface area contributed by atoms with Gasteiger partial charge in [-0.1, -0.05) is 6.07 Å². The first-order valence-corrected chi connectivity index (χ1v) is 8.71. The Labute approximate surface area is 151 Å². The van der Waals surface area contributed by atoms with E-state index in [9.17, 15) is 4.79 Å². The maximum Gasteiger partial charge on any atom is 0.254 e. The predicted molar refractivity (Wildman–Crippen MR) is 101 cm³/mol. The third-order valence-electron chi connectivity index (χ3n) is 4.83. The number of hydrogen-bond acceptors (Lipinski definition) is 5. The topological polar surface area (TPSA) is 87.9 Å². The minimum Gasteiger partial charge on any atom is -0.399 e. The highest BCUT2D eigenvalue weighted by atomic mass is 16.1. The van der Waals surface area contributed by atoms with E-state index in [2.05, 4.69) is 27.9 Å². The Morgan fingerprint density at radius 2 is 2.04 bits per heavy atom. The number of anilines is 1. The Morgan fingerprint density at radius 1 is 1.23 bits per heavy atom. The van der Waals surface area contributed by atoms with Gasteiger partial charge in [-0.15, -0.1) is 0 Å². The molecule has 6 nitrogen and oxygen atoms in total. The van der Waals surface area contributed by atoms with Gasteiger partial charge in [-0.25, -0.2) is 4.98 Å². The van der Waals surface area contributed by atoms with Crippen LogP contribution in [0.3, 0.4) is 0 Å². The molecule has 1 aliphatic rings. The van der Waals surface area contributed by atoms with Crippen LogP contribution >= 0.6 is 0 Å².